The molecule has 0 spiro atoms. The number of hydrogen-bond donors (Lipinski definition) is 3. The van der Waals surface area contributed by atoms with Crippen molar-refractivity contribution >= 4 is 18.0 Å². The van der Waals surface area contributed by atoms with Gasteiger partial charge in [0.25, 0.3) is 0 Å². The van der Waals surface area contributed by atoms with E-state index in [2.05, 4.69) is 34.9 Å². The summed E-state index contributed by atoms with van der Waals surface area (Å²) in [6, 6.07) is 15.8. The molecule has 2 aromatic carbocycles. The maximum Gasteiger partial charge on any atom is 0.407 e. The van der Waals surface area contributed by atoms with Crippen molar-refractivity contribution in [2.75, 3.05) is 20.3 Å². The number of alkyl carbamates (subject to hydrolysis) is 1. The Bertz CT molecular complexity index is 1060. The number of carboxylic acids is 1. The quantitative estimate of drug-likeness (QED) is 0.504. The lowest BCUT2D eigenvalue weighted by atomic mass is 9.94. The van der Waals surface area contributed by atoms with Gasteiger partial charge in [0.1, 0.15) is 6.61 Å². The van der Waals surface area contributed by atoms with E-state index in [4.69, 9.17) is 9.47 Å². The second kappa shape index (κ2) is 10.5. The van der Waals surface area contributed by atoms with Crippen LogP contribution in [0.5, 0.6) is 0 Å². The van der Waals surface area contributed by atoms with Gasteiger partial charge in [-0.3, -0.25) is 4.79 Å². The van der Waals surface area contributed by atoms with Gasteiger partial charge in [0.15, 0.2) is 5.54 Å². The van der Waals surface area contributed by atoms with E-state index in [0.717, 1.165) is 28.7 Å². The Morgan fingerprint density at radius 1 is 1.03 bits per heavy atom. The Labute approximate surface area is 205 Å². The third-order valence-electron chi connectivity index (χ3n) is 7.27. The number of fused-ring (bicyclic) bond motifs is 3. The van der Waals surface area contributed by atoms with Crippen LogP contribution in [0.4, 0.5) is 4.79 Å². The number of rotatable bonds is 9. The summed E-state index contributed by atoms with van der Waals surface area (Å²) < 4.78 is 10.7. The third kappa shape index (κ3) is 4.89. The number of ether oxygens (including phenoxy) is 2. The molecule has 3 atom stereocenters. The summed E-state index contributed by atoms with van der Waals surface area (Å²) in [5.74, 6) is -2.12. The fourth-order valence-electron chi connectivity index (χ4n) is 5.31. The molecule has 0 aromatic heterocycles. The highest BCUT2D eigenvalue weighted by Gasteiger charge is 2.43. The summed E-state index contributed by atoms with van der Waals surface area (Å²) in [6.07, 6.45) is 1.54. The number of aliphatic carboxylic acids is 1. The number of benzene rings is 2. The van der Waals surface area contributed by atoms with Crippen molar-refractivity contribution < 1.29 is 29.0 Å². The van der Waals surface area contributed by atoms with Gasteiger partial charge in [-0.2, -0.15) is 0 Å². The van der Waals surface area contributed by atoms with Gasteiger partial charge in [-0.15, -0.1) is 0 Å². The van der Waals surface area contributed by atoms with Gasteiger partial charge in [-0.25, -0.2) is 9.59 Å². The van der Waals surface area contributed by atoms with E-state index >= 15 is 0 Å². The van der Waals surface area contributed by atoms with Gasteiger partial charge in [0.05, 0.1) is 12.5 Å². The molecule has 186 valence electrons. The summed E-state index contributed by atoms with van der Waals surface area (Å²) in [5, 5.41) is 15.2. The number of carbonyl (C=O) groups excluding carboxylic acids is 2. The van der Waals surface area contributed by atoms with Gasteiger partial charge in [-0.1, -0.05) is 61.9 Å². The van der Waals surface area contributed by atoms with E-state index < -0.39 is 35.5 Å². The first-order valence-corrected chi connectivity index (χ1v) is 12.1. The topological polar surface area (TPSA) is 114 Å². The van der Waals surface area contributed by atoms with E-state index in [1.807, 2.05) is 24.3 Å². The molecule has 1 unspecified atom stereocenters. The monoisotopic (exact) mass is 480 g/mol. The molecule has 2 aliphatic carbocycles. The number of carbonyl (C=O) groups is 3. The van der Waals surface area contributed by atoms with Crippen LogP contribution in [-0.4, -0.2) is 55.0 Å². The lowest BCUT2D eigenvalue weighted by Crippen LogP contribution is -2.59. The van der Waals surface area contributed by atoms with Gasteiger partial charge >= 0.3 is 12.1 Å². The van der Waals surface area contributed by atoms with Crippen molar-refractivity contribution in [1.82, 2.24) is 10.6 Å². The highest BCUT2D eigenvalue weighted by molar-refractivity contribution is 5.89. The molecule has 0 radical (unpaired) electrons. The smallest absolute Gasteiger partial charge is 0.407 e. The summed E-state index contributed by atoms with van der Waals surface area (Å²) >= 11 is 0. The van der Waals surface area contributed by atoms with Gasteiger partial charge < -0.3 is 25.2 Å². The van der Waals surface area contributed by atoms with Gasteiger partial charge in [0.2, 0.25) is 5.91 Å². The molecule has 0 saturated heterocycles. The lowest BCUT2D eigenvalue weighted by molar-refractivity contribution is -0.151. The minimum Gasteiger partial charge on any atom is -0.479 e. The number of carboxylic acid groups (broad SMARTS) is 1. The van der Waals surface area contributed by atoms with Crippen molar-refractivity contribution in [3.05, 3.63) is 59.7 Å². The van der Waals surface area contributed by atoms with Crippen LogP contribution in [0.1, 0.15) is 49.7 Å². The first kappa shape index (κ1) is 24.7. The largest absolute Gasteiger partial charge is 0.479 e. The van der Waals surface area contributed by atoms with Crippen molar-refractivity contribution in [2.24, 2.45) is 5.92 Å². The first-order chi connectivity index (χ1) is 16.9. The number of methoxy groups -OCH3 is 1. The molecule has 0 heterocycles. The lowest BCUT2D eigenvalue weighted by Gasteiger charge is -2.31. The Balaban J connectivity index is 1.39. The molecule has 0 aliphatic heterocycles. The molecule has 1 fully saturated rings. The van der Waals surface area contributed by atoms with E-state index in [-0.39, 0.29) is 25.6 Å². The maximum atomic E-state index is 13.0. The van der Waals surface area contributed by atoms with Gasteiger partial charge in [0, 0.05) is 19.1 Å². The minimum absolute atomic E-state index is 0.0504. The van der Waals surface area contributed by atoms with Crippen LogP contribution in [-0.2, 0) is 19.1 Å². The van der Waals surface area contributed by atoms with Crippen LogP contribution in [0.3, 0.4) is 0 Å². The zero-order valence-corrected chi connectivity index (χ0v) is 20.1. The molecular formula is C27H32N2O6. The highest BCUT2D eigenvalue weighted by atomic mass is 16.5. The standard InChI is InChI=1S/C27H32N2O6/c1-3-27(16-34-2,25(31)32)29-24(30)21-13-8-14-23(21)28-26(33)35-15-22-19-11-6-4-9-17(19)18-10-5-7-12-20(18)22/h4-7,9-12,21-23H,3,8,13-16H2,1-2H3,(H,28,33)(H,29,30)(H,31,32)/t21-,23+,27?/m1/s1. The molecule has 0 bridgehead atoms. The van der Waals surface area contributed by atoms with Crippen LogP contribution in [0.15, 0.2) is 48.5 Å². The van der Waals surface area contributed by atoms with Crippen molar-refractivity contribution in [3.8, 4) is 11.1 Å². The minimum atomic E-state index is -1.50. The second-order valence-electron chi connectivity index (χ2n) is 9.28. The highest BCUT2D eigenvalue weighted by Crippen LogP contribution is 2.44. The Morgan fingerprint density at radius 2 is 1.66 bits per heavy atom. The molecule has 35 heavy (non-hydrogen) atoms. The molecule has 4 rings (SSSR count). The fourth-order valence-corrected chi connectivity index (χ4v) is 5.31. The van der Waals surface area contributed by atoms with Crippen LogP contribution in [0.2, 0.25) is 0 Å². The first-order valence-electron chi connectivity index (χ1n) is 12.1. The molecule has 8 nitrogen and oxygen atoms in total. The number of amides is 2. The van der Waals surface area contributed by atoms with Crippen LogP contribution in [0.25, 0.3) is 11.1 Å². The fraction of sp³-hybridized carbons (Fsp3) is 0.444. The zero-order valence-electron chi connectivity index (χ0n) is 20.1. The van der Waals surface area contributed by atoms with E-state index in [1.165, 1.54) is 7.11 Å². The van der Waals surface area contributed by atoms with Crippen LogP contribution < -0.4 is 10.6 Å². The zero-order chi connectivity index (χ0) is 25.0. The molecular weight excluding hydrogens is 448 g/mol. The van der Waals surface area contributed by atoms with Crippen molar-refractivity contribution in [1.29, 1.82) is 0 Å². The van der Waals surface area contributed by atoms with E-state index in [0.29, 0.717) is 12.8 Å². The van der Waals surface area contributed by atoms with Crippen molar-refractivity contribution in [3.63, 3.8) is 0 Å². The summed E-state index contributed by atoms with van der Waals surface area (Å²) in [6.45, 7) is 1.74. The summed E-state index contributed by atoms with van der Waals surface area (Å²) in [4.78, 5) is 37.6. The molecule has 8 heteroatoms. The summed E-state index contributed by atoms with van der Waals surface area (Å²) in [5.41, 5.74) is 3.06. The van der Waals surface area contributed by atoms with E-state index in [9.17, 15) is 19.5 Å². The SMILES string of the molecule is CCC(COC)(NC(=O)[C@@H]1CCC[C@@H]1NC(=O)OCC1c2ccccc2-c2ccccc21)C(=O)O. The second-order valence-corrected chi connectivity index (χ2v) is 9.28. The average molecular weight is 481 g/mol. The van der Waals surface area contributed by atoms with Crippen LogP contribution in [0, 0.1) is 5.92 Å². The predicted molar refractivity (Wildman–Crippen MR) is 130 cm³/mol. The molecule has 2 aliphatic rings. The third-order valence-corrected chi connectivity index (χ3v) is 7.27. The Hall–Kier alpha value is -3.39. The number of hydrogen-bond acceptors (Lipinski definition) is 5. The molecule has 1 saturated carbocycles. The molecule has 2 aromatic rings. The average Bonchev–Trinajstić information content (AvgIpc) is 3.44. The Morgan fingerprint density at radius 3 is 2.23 bits per heavy atom. The number of nitrogens with one attached hydrogen (secondary N) is 2. The maximum absolute atomic E-state index is 13.0. The van der Waals surface area contributed by atoms with Gasteiger partial charge in [-0.05, 0) is 41.5 Å². The summed E-state index contributed by atoms with van der Waals surface area (Å²) in [7, 11) is 1.40. The Kier molecular flexibility index (Phi) is 7.40. The molecule has 2 amide bonds. The molecule has 3 N–H and O–H groups in total. The normalized spacial score (nSPS) is 20.4. The predicted octanol–water partition coefficient (Wildman–Crippen LogP) is 3.69. The van der Waals surface area contributed by atoms with Crippen molar-refractivity contribution in [2.45, 2.75) is 50.1 Å². The van der Waals surface area contributed by atoms with Crippen LogP contribution >= 0.6 is 0 Å². The van der Waals surface area contributed by atoms with E-state index in [1.54, 1.807) is 6.92 Å².